The Morgan fingerprint density at radius 2 is 1.84 bits per heavy atom. The number of hydrogen-bond acceptors (Lipinski definition) is 9. The maximum atomic E-state index is 6.03. The van der Waals surface area contributed by atoms with Crippen molar-refractivity contribution in [3.63, 3.8) is 0 Å². The number of likely N-dealkylation sites (N-methyl/N-ethyl adjacent to an activating group) is 1. The highest BCUT2D eigenvalue weighted by Crippen LogP contribution is 2.25. The highest BCUT2D eigenvalue weighted by molar-refractivity contribution is 5.64. The molecule has 1 aliphatic rings. The Morgan fingerprint density at radius 1 is 0.974 bits per heavy atom. The fourth-order valence-electron chi connectivity index (χ4n) is 4.43. The van der Waals surface area contributed by atoms with Crippen LogP contribution in [0.2, 0.25) is 0 Å². The van der Waals surface area contributed by atoms with Crippen LogP contribution in [-0.2, 0) is 0 Å². The number of rotatable bonds is 11. The van der Waals surface area contributed by atoms with Gasteiger partial charge >= 0.3 is 0 Å². The number of benzene rings is 1. The van der Waals surface area contributed by atoms with Crippen molar-refractivity contribution in [1.29, 1.82) is 0 Å². The third-order valence-electron chi connectivity index (χ3n) is 6.62. The van der Waals surface area contributed by atoms with E-state index in [1.807, 2.05) is 36.4 Å². The molecule has 0 unspecified atom stereocenters. The molecule has 10 heteroatoms. The van der Waals surface area contributed by atoms with Crippen LogP contribution in [-0.4, -0.2) is 87.7 Å². The van der Waals surface area contributed by atoms with Crippen molar-refractivity contribution in [1.82, 2.24) is 34.7 Å². The van der Waals surface area contributed by atoms with Gasteiger partial charge < -0.3 is 29.6 Å². The second kappa shape index (κ2) is 12.5. The first-order valence-corrected chi connectivity index (χ1v) is 13.0. The number of nitrogens with one attached hydrogen (secondary N) is 2. The van der Waals surface area contributed by atoms with Gasteiger partial charge in [0.1, 0.15) is 17.3 Å². The smallest absolute Gasteiger partial charge is 0.227 e. The number of anilines is 2. The fourth-order valence-corrected chi connectivity index (χ4v) is 4.43. The third-order valence-corrected chi connectivity index (χ3v) is 6.62. The van der Waals surface area contributed by atoms with E-state index in [9.17, 15) is 0 Å². The van der Waals surface area contributed by atoms with Crippen LogP contribution >= 0.6 is 0 Å². The number of aromatic nitrogens is 5. The molecule has 1 aromatic carbocycles. The SMILES string of the molecule is CCN1CCN(CCCOc2cccc(Nc3nccc(-c4cnc(-c5cncc(OC)c5)[nH]4)n3)c2)CC1. The van der Waals surface area contributed by atoms with Gasteiger partial charge in [-0.25, -0.2) is 15.0 Å². The van der Waals surface area contributed by atoms with Crippen molar-refractivity contribution in [2.75, 3.05) is 58.3 Å². The van der Waals surface area contributed by atoms with E-state index in [-0.39, 0.29) is 0 Å². The first-order valence-electron chi connectivity index (χ1n) is 13.0. The number of piperazine rings is 1. The standard InChI is InChI=1S/C28H34N8O2/c1-3-35-11-13-36(14-12-35)10-5-15-38-23-7-4-6-22(17-23)32-28-30-9-8-25(34-28)26-20-31-27(33-26)21-16-24(37-2)19-29-18-21/h4,6-9,16-20H,3,5,10-15H2,1-2H3,(H,31,33)(H,30,32,34). The Balaban J connectivity index is 1.16. The molecule has 10 nitrogen and oxygen atoms in total. The normalized spacial score (nSPS) is 14.4. The van der Waals surface area contributed by atoms with Gasteiger partial charge in [-0.2, -0.15) is 0 Å². The Labute approximate surface area is 223 Å². The van der Waals surface area contributed by atoms with Crippen LogP contribution in [0.1, 0.15) is 13.3 Å². The van der Waals surface area contributed by atoms with Crippen LogP contribution in [0.4, 0.5) is 11.6 Å². The number of H-pyrrole nitrogens is 1. The molecule has 0 bridgehead atoms. The van der Waals surface area contributed by atoms with E-state index in [1.54, 1.807) is 31.9 Å². The number of aromatic amines is 1. The predicted molar refractivity (Wildman–Crippen MR) is 148 cm³/mol. The van der Waals surface area contributed by atoms with E-state index in [0.29, 0.717) is 24.1 Å². The van der Waals surface area contributed by atoms with Gasteiger partial charge in [0.25, 0.3) is 0 Å². The molecular formula is C28H34N8O2. The molecule has 0 radical (unpaired) electrons. The first-order chi connectivity index (χ1) is 18.7. The van der Waals surface area contributed by atoms with E-state index >= 15 is 0 Å². The van der Waals surface area contributed by atoms with E-state index in [1.165, 1.54) is 0 Å². The fraction of sp³-hybridized carbons (Fsp3) is 0.357. The second-order valence-electron chi connectivity index (χ2n) is 9.16. The molecule has 1 aliphatic heterocycles. The summed E-state index contributed by atoms with van der Waals surface area (Å²) in [6.07, 6.45) is 7.87. The molecule has 1 fully saturated rings. The van der Waals surface area contributed by atoms with Gasteiger partial charge in [-0.05, 0) is 37.2 Å². The summed E-state index contributed by atoms with van der Waals surface area (Å²) >= 11 is 0. The van der Waals surface area contributed by atoms with Crippen LogP contribution in [0.15, 0.2) is 61.2 Å². The zero-order valence-corrected chi connectivity index (χ0v) is 21.9. The number of nitrogens with zero attached hydrogens (tertiary/aromatic N) is 6. The van der Waals surface area contributed by atoms with Gasteiger partial charge in [-0.1, -0.05) is 13.0 Å². The van der Waals surface area contributed by atoms with Gasteiger partial charge in [0.2, 0.25) is 5.95 Å². The van der Waals surface area contributed by atoms with Gasteiger partial charge in [0.05, 0.1) is 37.5 Å². The number of hydrogen-bond donors (Lipinski definition) is 2. The molecular weight excluding hydrogens is 480 g/mol. The summed E-state index contributed by atoms with van der Waals surface area (Å²) in [7, 11) is 1.61. The second-order valence-corrected chi connectivity index (χ2v) is 9.16. The number of pyridine rings is 1. The maximum absolute atomic E-state index is 6.03. The molecule has 198 valence electrons. The molecule has 1 saturated heterocycles. The van der Waals surface area contributed by atoms with Gasteiger partial charge in [-0.15, -0.1) is 0 Å². The lowest BCUT2D eigenvalue weighted by Crippen LogP contribution is -2.46. The summed E-state index contributed by atoms with van der Waals surface area (Å²) in [4.78, 5) is 26.1. The average Bonchev–Trinajstić information content (AvgIpc) is 3.47. The van der Waals surface area contributed by atoms with E-state index in [4.69, 9.17) is 9.47 Å². The highest BCUT2D eigenvalue weighted by atomic mass is 16.5. The Bertz CT molecular complexity index is 1320. The van der Waals surface area contributed by atoms with Crippen molar-refractivity contribution >= 4 is 11.6 Å². The van der Waals surface area contributed by atoms with Gasteiger partial charge in [0, 0.05) is 62.4 Å². The lowest BCUT2D eigenvalue weighted by molar-refractivity contribution is 0.130. The van der Waals surface area contributed by atoms with Gasteiger partial charge in [-0.3, -0.25) is 4.98 Å². The molecule has 4 aromatic rings. The minimum Gasteiger partial charge on any atom is -0.495 e. The first kappa shape index (κ1) is 25.6. The molecule has 3 aromatic heterocycles. The van der Waals surface area contributed by atoms with E-state index in [2.05, 4.69) is 47.0 Å². The van der Waals surface area contributed by atoms with Gasteiger partial charge in [0.15, 0.2) is 0 Å². The van der Waals surface area contributed by atoms with E-state index in [0.717, 1.165) is 74.1 Å². The highest BCUT2D eigenvalue weighted by Gasteiger charge is 2.15. The Morgan fingerprint density at radius 3 is 2.68 bits per heavy atom. The topological polar surface area (TPSA) is 104 Å². The summed E-state index contributed by atoms with van der Waals surface area (Å²) in [5.74, 6) is 2.68. The van der Waals surface area contributed by atoms with Crippen LogP contribution in [0, 0.1) is 0 Å². The molecule has 0 spiro atoms. The van der Waals surface area contributed by atoms with Crippen molar-refractivity contribution in [3.05, 3.63) is 61.2 Å². The molecule has 0 amide bonds. The molecule has 4 heterocycles. The zero-order valence-electron chi connectivity index (χ0n) is 21.9. The lowest BCUT2D eigenvalue weighted by atomic mass is 10.2. The summed E-state index contributed by atoms with van der Waals surface area (Å²) in [5, 5.41) is 3.28. The summed E-state index contributed by atoms with van der Waals surface area (Å²) in [6.45, 7) is 9.74. The van der Waals surface area contributed by atoms with Crippen molar-refractivity contribution < 1.29 is 9.47 Å². The summed E-state index contributed by atoms with van der Waals surface area (Å²) in [6, 6.07) is 11.6. The zero-order chi connectivity index (χ0) is 26.2. The lowest BCUT2D eigenvalue weighted by Gasteiger charge is -2.33. The Kier molecular flexibility index (Phi) is 8.42. The van der Waals surface area contributed by atoms with Crippen LogP contribution in [0.25, 0.3) is 22.8 Å². The van der Waals surface area contributed by atoms with Crippen LogP contribution in [0.3, 0.4) is 0 Å². The predicted octanol–water partition coefficient (Wildman–Crippen LogP) is 4.09. The maximum Gasteiger partial charge on any atom is 0.227 e. The molecule has 2 N–H and O–H groups in total. The van der Waals surface area contributed by atoms with E-state index < -0.39 is 0 Å². The number of imidazole rings is 1. The largest absolute Gasteiger partial charge is 0.495 e. The van der Waals surface area contributed by atoms with Crippen molar-refractivity contribution in [2.24, 2.45) is 0 Å². The van der Waals surface area contributed by atoms with Crippen molar-refractivity contribution in [2.45, 2.75) is 13.3 Å². The monoisotopic (exact) mass is 514 g/mol. The Hall–Kier alpha value is -4.02. The molecule has 0 atom stereocenters. The summed E-state index contributed by atoms with van der Waals surface area (Å²) in [5.41, 5.74) is 3.20. The molecule has 5 rings (SSSR count). The third kappa shape index (κ3) is 6.64. The average molecular weight is 515 g/mol. The summed E-state index contributed by atoms with van der Waals surface area (Å²) < 4.78 is 11.3. The quantitative estimate of drug-likeness (QED) is 0.286. The van der Waals surface area contributed by atoms with Crippen LogP contribution in [0.5, 0.6) is 11.5 Å². The minimum absolute atomic E-state index is 0.491. The number of methoxy groups -OCH3 is 1. The molecule has 38 heavy (non-hydrogen) atoms. The molecule has 0 saturated carbocycles. The number of ether oxygens (including phenoxy) is 2. The van der Waals surface area contributed by atoms with Crippen LogP contribution < -0.4 is 14.8 Å². The van der Waals surface area contributed by atoms with Crippen molar-refractivity contribution in [3.8, 4) is 34.3 Å². The minimum atomic E-state index is 0.491. The molecule has 0 aliphatic carbocycles.